The second kappa shape index (κ2) is 8.22. The predicted octanol–water partition coefficient (Wildman–Crippen LogP) is 5.84. The number of aryl methyl sites for hydroxylation is 2. The number of carbonyl (C=O) groups is 1. The highest BCUT2D eigenvalue weighted by Gasteiger charge is 2.31. The third kappa shape index (κ3) is 5.20. The molecule has 3 rings (SSSR count). The highest BCUT2D eigenvalue weighted by atomic mass is 19.4. The van der Waals surface area contributed by atoms with Gasteiger partial charge in [-0.1, -0.05) is 0 Å². The van der Waals surface area contributed by atoms with Gasteiger partial charge in [-0.2, -0.15) is 13.2 Å². The topological polar surface area (TPSA) is 42.0 Å². The van der Waals surface area contributed by atoms with Crippen molar-refractivity contribution >= 4 is 11.6 Å². The van der Waals surface area contributed by atoms with E-state index in [1.807, 2.05) is 0 Å². The Hall–Kier alpha value is -3.29. The molecule has 30 heavy (non-hydrogen) atoms. The number of nitrogens with zero attached hydrogens (tertiary/aromatic N) is 1. The molecule has 0 aliphatic rings. The monoisotopic (exact) mass is 420 g/mol. The molecule has 0 unspecified atom stereocenters. The summed E-state index contributed by atoms with van der Waals surface area (Å²) in [6, 6.07) is 9.11. The fourth-order valence-electron chi connectivity index (χ4n) is 3.09. The molecule has 0 bridgehead atoms. The predicted molar refractivity (Wildman–Crippen MR) is 103 cm³/mol. The molecule has 3 nitrogen and oxygen atoms in total. The van der Waals surface area contributed by atoms with Crippen LogP contribution in [0.1, 0.15) is 22.5 Å². The van der Waals surface area contributed by atoms with E-state index in [-0.39, 0.29) is 16.8 Å². The Morgan fingerprint density at radius 1 is 0.933 bits per heavy atom. The summed E-state index contributed by atoms with van der Waals surface area (Å²) in [5.41, 5.74) is 0.779. The lowest BCUT2D eigenvalue weighted by molar-refractivity contribution is -0.137. The smallest absolute Gasteiger partial charge is 0.326 e. The van der Waals surface area contributed by atoms with E-state index in [0.29, 0.717) is 17.0 Å². The Kier molecular flexibility index (Phi) is 5.87. The van der Waals surface area contributed by atoms with Crippen molar-refractivity contribution in [2.45, 2.75) is 26.4 Å². The fourth-order valence-corrected chi connectivity index (χ4v) is 3.09. The highest BCUT2D eigenvalue weighted by molar-refractivity contribution is 5.93. The minimum absolute atomic E-state index is 0.103. The van der Waals surface area contributed by atoms with Gasteiger partial charge in [-0.15, -0.1) is 0 Å². The summed E-state index contributed by atoms with van der Waals surface area (Å²) in [4.78, 5) is 16.5. The lowest BCUT2D eigenvalue weighted by atomic mass is 10.0. The Morgan fingerprint density at radius 2 is 1.57 bits per heavy atom. The summed E-state index contributed by atoms with van der Waals surface area (Å²) in [5.74, 6) is -2.27. The van der Waals surface area contributed by atoms with Crippen LogP contribution in [0.4, 0.5) is 27.6 Å². The van der Waals surface area contributed by atoms with Crippen molar-refractivity contribution in [3.05, 3.63) is 82.7 Å². The fraction of sp³-hybridized carbons (Fsp3) is 0.182. The number of nitrogens with one attached hydrogen (secondary N) is 1. The summed E-state index contributed by atoms with van der Waals surface area (Å²) in [5, 5.41) is 2.35. The first kappa shape index (κ1) is 21.4. The number of halogens is 5. The molecule has 0 aliphatic heterocycles. The molecule has 1 N–H and O–H groups in total. The summed E-state index contributed by atoms with van der Waals surface area (Å²) in [6.07, 6.45) is -5.16. The van der Waals surface area contributed by atoms with Crippen LogP contribution in [-0.2, 0) is 17.4 Å². The molecule has 1 amide bonds. The number of hydrogen-bond donors (Lipinski definition) is 1. The summed E-state index contributed by atoms with van der Waals surface area (Å²) >= 11 is 0. The number of carbonyl (C=O) groups excluding carboxylic acids is 1. The van der Waals surface area contributed by atoms with Crippen LogP contribution in [0.25, 0.3) is 11.1 Å². The summed E-state index contributed by atoms with van der Waals surface area (Å²) in [7, 11) is 0. The number of aromatic nitrogens is 1. The van der Waals surface area contributed by atoms with Crippen molar-refractivity contribution in [2.75, 3.05) is 5.32 Å². The molecule has 156 valence electrons. The van der Waals surface area contributed by atoms with E-state index < -0.39 is 35.7 Å². The average Bonchev–Trinajstić information content (AvgIpc) is 2.63. The van der Waals surface area contributed by atoms with Gasteiger partial charge in [0, 0.05) is 22.6 Å². The molecule has 0 aliphatic carbocycles. The van der Waals surface area contributed by atoms with E-state index in [9.17, 15) is 26.7 Å². The lowest BCUT2D eigenvalue weighted by Crippen LogP contribution is -2.16. The van der Waals surface area contributed by atoms with Gasteiger partial charge in [0.15, 0.2) is 0 Å². The summed E-state index contributed by atoms with van der Waals surface area (Å²) in [6.45, 7) is 3.45. The number of anilines is 1. The van der Waals surface area contributed by atoms with E-state index in [4.69, 9.17) is 0 Å². The number of hydrogen-bond acceptors (Lipinski definition) is 2. The molecule has 1 heterocycles. The number of pyridine rings is 1. The highest BCUT2D eigenvalue weighted by Crippen LogP contribution is 2.35. The van der Waals surface area contributed by atoms with Gasteiger partial charge in [0.25, 0.3) is 0 Å². The number of rotatable bonds is 4. The Bertz CT molecular complexity index is 1090. The van der Waals surface area contributed by atoms with E-state index in [1.165, 1.54) is 6.07 Å². The van der Waals surface area contributed by atoms with Gasteiger partial charge in [-0.25, -0.2) is 8.78 Å². The molecule has 0 spiro atoms. The van der Waals surface area contributed by atoms with E-state index in [2.05, 4.69) is 10.3 Å². The van der Waals surface area contributed by atoms with Crippen LogP contribution in [0.3, 0.4) is 0 Å². The molecule has 3 aromatic rings. The number of amides is 1. The molecule has 0 atom stereocenters. The molecule has 1 aromatic heterocycles. The van der Waals surface area contributed by atoms with Crippen LogP contribution >= 0.6 is 0 Å². The van der Waals surface area contributed by atoms with Crippen molar-refractivity contribution in [3.8, 4) is 11.1 Å². The second-order valence-electron chi connectivity index (χ2n) is 6.90. The quantitative estimate of drug-likeness (QED) is 0.539. The van der Waals surface area contributed by atoms with Gasteiger partial charge in [-0.05, 0) is 73.5 Å². The molecule has 0 fully saturated rings. The van der Waals surface area contributed by atoms with Gasteiger partial charge in [0.1, 0.15) is 11.6 Å². The molecule has 8 heteroatoms. The van der Waals surface area contributed by atoms with Crippen molar-refractivity contribution < 1.29 is 26.7 Å². The third-order valence-electron chi connectivity index (χ3n) is 4.32. The van der Waals surface area contributed by atoms with Crippen molar-refractivity contribution in [1.82, 2.24) is 4.98 Å². The Morgan fingerprint density at radius 3 is 2.20 bits per heavy atom. The van der Waals surface area contributed by atoms with E-state index >= 15 is 0 Å². The van der Waals surface area contributed by atoms with Crippen LogP contribution < -0.4 is 5.32 Å². The summed E-state index contributed by atoms with van der Waals surface area (Å²) < 4.78 is 67.2. The molecule has 2 aromatic carbocycles. The maximum atomic E-state index is 13.7. The zero-order chi connectivity index (χ0) is 22.1. The number of alkyl halides is 3. The molecular weight excluding hydrogens is 403 g/mol. The van der Waals surface area contributed by atoms with Gasteiger partial charge in [-0.3, -0.25) is 9.78 Å². The standard InChI is InChI=1S/C22H17F5N2O/c1-12-5-14(6-13(2)28-12)15-7-17(22(25,26)27)11-19(9-15)29-21(30)10-16-8-18(23)3-4-20(16)24/h3-9,11H,10H2,1-2H3,(H,29,30). The molecular formula is C22H17F5N2O. The second-order valence-corrected chi connectivity index (χ2v) is 6.90. The van der Waals surface area contributed by atoms with E-state index in [0.717, 1.165) is 30.3 Å². The SMILES string of the molecule is Cc1cc(-c2cc(NC(=O)Cc3cc(F)ccc3F)cc(C(F)(F)F)c2)cc(C)n1. The van der Waals surface area contributed by atoms with Gasteiger partial charge < -0.3 is 5.32 Å². The minimum atomic E-state index is -4.64. The maximum Gasteiger partial charge on any atom is 0.416 e. The lowest BCUT2D eigenvalue weighted by Gasteiger charge is -2.14. The zero-order valence-corrected chi connectivity index (χ0v) is 16.1. The largest absolute Gasteiger partial charge is 0.416 e. The van der Waals surface area contributed by atoms with Crippen molar-refractivity contribution in [3.63, 3.8) is 0 Å². The minimum Gasteiger partial charge on any atom is -0.326 e. The molecule has 0 saturated carbocycles. The normalized spacial score (nSPS) is 11.4. The Balaban J connectivity index is 1.95. The van der Waals surface area contributed by atoms with Crippen molar-refractivity contribution in [2.24, 2.45) is 0 Å². The average molecular weight is 420 g/mol. The van der Waals surface area contributed by atoms with Gasteiger partial charge in [0.2, 0.25) is 5.91 Å². The third-order valence-corrected chi connectivity index (χ3v) is 4.32. The number of benzene rings is 2. The van der Waals surface area contributed by atoms with Crippen LogP contribution in [0.15, 0.2) is 48.5 Å². The van der Waals surface area contributed by atoms with Gasteiger partial charge >= 0.3 is 6.18 Å². The maximum absolute atomic E-state index is 13.7. The van der Waals surface area contributed by atoms with E-state index in [1.54, 1.807) is 26.0 Å². The first-order valence-electron chi connectivity index (χ1n) is 8.93. The zero-order valence-electron chi connectivity index (χ0n) is 16.1. The van der Waals surface area contributed by atoms with Crippen LogP contribution in [0, 0.1) is 25.5 Å². The first-order valence-corrected chi connectivity index (χ1v) is 8.93. The van der Waals surface area contributed by atoms with Crippen molar-refractivity contribution in [1.29, 1.82) is 0 Å². The van der Waals surface area contributed by atoms with Gasteiger partial charge in [0.05, 0.1) is 12.0 Å². The van der Waals surface area contributed by atoms with Crippen LogP contribution in [0.2, 0.25) is 0 Å². The molecule has 0 saturated heterocycles. The Labute approximate surface area is 169 Å². The molecule has 0 radical (unpaired) electrons. The van der Waals surface area contributed by atoms with Crippen LogP contribution in [-0.4, -0.2) is 10.9 Å². The van der Waals surface area contributed by atoms with Crippen LogP contribution in [0.5, 0.6) is 0 Å². The first-order chi connectivity index (χ1) is 14.0.